The Labute approximate surface area is 99.5 Å². The lowest BCUT2D eigenvalue weighted by Gasteiger charge is -2.30. The molecular weight excluding hydrogens is 200 g/mol. The van der Waals surface area contributed by atoms with E-state index in [1.54, 1.807) is 0 Å². The van der Waals surface area contributed by atoms with Crippen LogP contribution in [0.3, 0.4) is 0 Å². The Hall–Kier alpha value is -0.120. The van der Waals surface area contributed by atoms with Crippen LogP contribution in [0.4, 0.5) is 0 Å². The first-order valence-corrected chi connectivity index (χ1v) is 6.88. The van der Waals surface area contributed by atoms with Gasteiger partial charge in [0.05, 0.1) is 6.10 Å². The molecule has 94 valence electrons. The van der Waals surface area contributed by atoms with Gasteiger partial charge in [0.15, 0.2) is 0 Å². The van der Waals surface area contributed by atoms with Gasteiger partial charge in [-0.05, 0) is 45.7 Å². The van der Waals surface area contributed by atoms with Crippen LogP contribution >= 0.6 is 0 Å². The van der Waals surface area contributed by atoms with Gasteiger partial charge in [-0.1, -0.05) is 6.92 Å². The first-order chi connectivity index (χ1) is 7.79. The van der Waals surface area contributed by atoms with Gasteiger partial charge < -0.3 is 10.1 Å². The lowest BCUT2D eigenvalue weighted by molar-refractivity contribution is 0.0124. The van der Waals surface area contributed by atoms with Crippen LogP contribution in [0.1, 0.15) is 39.5 Å². The Morgan fingerprint density at radius 3 is 3.00 bits per heavy atom. The summed E-state index contributed by atoms with van der Waals surface area (Å²) in [7, 11) is 0. The lowest BCUT2D eigenvalue weighted by Crippen LogP contribution is -2.44. The van der Waals surface area contributed by atoms with E-state index in [9.17, 15) is 0 Å². The third kappa shape index (κ3) is 3.19. The summed E-state index contributed by atoms with van der Waals surface area (Å²) in [6.45, 7) is 9.06. The molecule has 0 radical (unpaired) electrons. The molecule has 2 fully saturated rings. The number of likely N-dealkylation sites (tertiary alicyclic amines) is 1. The molecule has 0 amide bonds. The maximum absolute atomic E-state index is 5.57. The van der Waals surface area contributed by atoms with Gasteiger partial charge in [-0.2, -0.15) is 0 Å². The molecule has 16 heavy (non-hydrogen) atoms. The summed E-state index contributed by atoms with van der Waals surface area (Å²) >= 11 is 0. The van der Waals surface area contributed by atoms with Crippen molar-refractivity contribution < 1.29 is 4.74 Å². The Morgan fingerprint density at radius 1 is 1.38 bits per heavy atom. The molecule has 0 spiro atoms. The minimum absolute atomic E-state index is 0.442. The molecule has 2 heterocycles. The first kappa shape index (κ1) is 12.3. The molecule has 2 rings (SSSR count). The van der Waals surface area contributed by atoms with E-state index in [1.807, 2.05) is 0 Å². The van der Waals surface area contributed by atoms with E-state index in [-0.39, 0.29) is 0 Å². The maximum atomic E-state index is 5.57. The molecule has 1 N–H and O–H groups in total. The fourth-order valence-electron chi connectivity index (χ4n) is 3.03. The van der Waals surface area contributed by atoms with Crippen molar-refractivity contribution in [2.45, 2.75) is 57.7 Å². The summed E-state index contributed by atoms with van der Waals surface area (Å²) in [5.41, 5.74) is 0. The van der Waals surface area contributed by atoms with Crippen molar-refractivity contribution in [2.75, 3.05) is 26.2 Å². The lowest BCUT2D eigenvalue weighted by atomic mass is 10.0. The summed E-state index contributed by atoms with van der Waals surface area (Å²) < 4.78 is 5.57. The van der Waals surface area contributed by atoms with Crippen molar-refractivity contribution in [1.29, 1.82) is 0 Å². The van der Waals surface area contributed by atoms with Gasteiger partial charge in [0.2, 0.25) is 0 Å². The number of likely N-dealkylation sites (N-methyl/N-ethyl adjacent to an activating group) is 1. The van der Waals surface area contributed by atoms with E-state index in [0.29, 0.717) is 12.1 Å². The molecule has 2 saturated heterocycles. The van der Waals surface area contributed by atoms with Crippen molar-refractivity contribution in [3.63, 3.8) is 0 Å². The van der Waals surface area contributed by atoms with E-state index in [2.05, 4.69) is 24.1 Å². The highest BCUT2D eigenvalue weighted by Crippen LogP contribution is 2.17. The van der Waals surface area contributed by atoms with E-state index in [4.69, 9.17) is 4.74 Å². The Balaban J connectivity index is 1.70. The summed E-state index contributed by atoms with van der Waals surface area (Å²) in [6.07, 6.45) is 5.56. The topological polar surface area (TPSA) is 24.5 Å². The van der Waals surface area contributed by atoms with Crippen LogP contribution in [0.5, 0.6) is 0 Å². The quantitative estimate of drug-likeness (QED) is 0.788. The molecule has 2 aliphatic heterocycles. The van der Waals surface area contributed by atoms with Gasteiger partial charge in [0, 0.05) is 25.2 Å². The summed E-state index contributed by atoms with van der Waals surface area (Å²) in [5, 5.41) is 3.74. The van der Waals surface area contributed by atoms with Crippen LogP contribution in [0.15, 0.2) is 0 Å². The Morgan fingerprint density at radius 2 is 2.25 bits per heavy atom. The highest BCUT2D eigenvalue weighted by Gasteiger charge is 2.25. The molecule has 0 aromatic rings. The van der Waals surface area contributed by atoms with Gasteiger partial charge in [0.1, 0.15) is 0 Å². The monoisotopic (exact) mass is 226 g/mol. The van der Waals surface area contributed by atoms with Gasteiger partial charge >= 0.3 is 0 Å². The number of hydrogen-bond acceptors (Lipinski definition) is 3. The zero-order valence-electron chi connectivity index (χ0n) is 10.7. The number of hydrogen-bond donors (Lipinski definition) is 1. The van der Waals surface area contributed by atoms with Gasteiger partial charge in [-0.3, -0.25) is 4.90 Å². The second-order valence-electron chi connectivity index (χ2n) is 5.24. The first-order valence-electron chi connectivity index (χ1n) is 6.88. The van der Waals surface area contributed by atoms with Crippen molar-refractivity contribution in [3.05, 3.63) is 0 Å². The van der Waals surface area contributed by atoms with Crippen molar-refractivity contribution in [1.82, 2.24) is 10.2 Å². The average molecular weight is 226 g/mol. The molecule has 3 unspecified atom stereocenters. The molecule has 0 aromatic heterocycles. The Bertz CT molecular complexity index is 210. The molecule has 3 atom stereocenters. The van der Waals surface area contributed by atoms with E-state index < -0.39 is 0 Å². The normalized spacial score (nSPS) is 36.8. The second kappa shape index (κ2) is 5.99. The number of nitrogens with one attached hydrogen (secondary N) is 1. The van der Waals surface area contributed by atoms with Crippen LogP contribution in [0, 0.1) is 0 Å². The number of ether oxygens (including phenoxy) is 1. The van der Waals surface area contributed by atoms with Crippen molar-refractivity contribution >= 4 is 0 Å². The number of rotatable bonds is 4. The molecule has 3 heteroatoms. The van der Waals surface area contributed by atoms with E-state index in [1.165, 1.54) is 45.3 Å². The largest absolute Gasteiger partial charge is 0.378 e. The van der Waals surface area contributed by atoms with E-state index >= 15 is 0 Å². The predicted molar refractivity (Wildman–Crippen MR) is 66.7 cm³/mol. The molecule has 0 aromatic carbocycles. The van der Waals surface area contributed by atoms with Crippen molar-refractivity contribution in [2.24, 2.45) is 0 Å². The molecule has 3 nitrogen and oxygen atoms in total. The molecule has 0 saturated carbocycles. The SMILES string of the molecule is CCN1CCCC1CNC1CCOC(C)C1. The highest BCUT2D eigenvalue weighted by molar-refractivity contribution is 4.83. The highest BCUT2D eigenvalue weighted by atomic mass is 16.5. The summed E-state index contributed by atoms with van der Waals surface area (Å²) in [5.74, 6) is 0. The standard InChI is InChI=1S/C13H26N2O/c1-3-15-7-4-5-13(15)10-14-12-6-8-16-11(2)9-12/h11-14H,3-10H2,1-2H3. The van der Waals surface area contributed by atoms with Crippen LogP contribution < -0.4 is 5.32 Å². The maximum Gasteiger partial charge on any atom is 0.0561 e. The third-order valence-corrected chi connectivity index (χ3v) is 4.03. The van der Waals surface area contributed by atoms with Crippen LogP contribution in [0.2, 0.25) is 0 Å². The van der Waals surface area contributed by atoms with Crippen LogP contribution in [-0.4, -0.2) is 49.3 Å². The zero-order valence-corrected chi connectivity index (χ0v) is 10.7. The zero-order chi connectivity index (χ0) is 11.4. The van der Waals surface area contributed by atoms with Crippen LogP contribution in [-0.2, 0) is 4.74 Å². The fourth-order valence-corrected chi connectivity index (χ4v) is 3.03. The van der Waals surface area contributed by atoms with Gasteiger partial charge in [0.25, 0.3) is 0 Å². The van der Waals surface area contributed by atoms with Crippen molar-refractivity contribution in [3.8, 4) is 0 Å². The smallest absolute Gasteiger partial charge is 0.0561 e. The van der Waals surface area contributed by atoms with E-state index in [0.717, 1.165) is 12.6 Å². The Kier molecular flexibility index (Phi) is 4.62. The minimum atomic E-state index is 0.442. The second-order valence-corrected chi connectivity index (χ2v) is 5.24. The predicted octanol–water partition coefficient (Wildman–Crippen LogP) is 1.63. The third-order valence-electron chi connectivity index (χ3n) is 4.03. The fraction of sp³-hybridized carbons (Fsp3) is 1.00. The van der Waals surface area contributed by atoms with Crippen LogP contribution in [0.25, 0.3) is 0 Å². The van der Waals surface area contributed by atoms with Gasteiger partial charge in [-0.15, -0.1) is 0 Å². The molecular formula is C13H26N2O. The number of nitrogens with zero attached hydrogens (tertiary/aromatic N) is 1. The minimum Gasteiger partial charge on any atom is -0.378 e. The van der Waals surface area contributed by atoms with Gasteiger partial charge in [-0.25, -0.2) is 0 Å². The average Bonchev–Trinajstić information content (AvgIpc) is 2.74. The summed E-state index contributed by atoms with van der Waals surface area (Å²) in [6, 6.07) is 1.46. The molecule has 2 aliphatic rings. The molecule has 0 bridgehead atoms. The summed E-state index contributed by atoms with van der Waals surface area (Å²) in [4.78, 5) is 2.61. The molecule has 0 aliphatic carbocycles.